The normalized spacial score (nSPS) is 13.4. The van der Waals surface area contributed by atoms with Gasteiger partial charge >= 0.3 is 5.97 Å². The Morgan fingerprint density at radius 1 is 0.864 bits per heavy atom. The lowest BCUT2D eigenvalue weighted by Gasteiger charge is -2.27. The van der Waals surface area contributed by atoms with E-state index in [-0.39, 0.29) is 0 Å². The van der Waals surface area contributed by atoms with Crippen LogP contribution in [-0.4, -0.2) is 45.2 Å². The van der Waals surface area contributed by atoms with Crippen molar-refractivity contribution in [2.75, 3.05) is 6.54 Å². The van der Waals surface area contributed by atoms with E-state index in [0.29, 0.717) is 6.42 Å². The van der Waals surface area contributed by atoms with Crippen LogP contribution in [0.3, 0.4) is 0 Å². The van der Waals surface area contributed by atoms with Gasteiger partial charge in [-0.05, 0) is 26.7 Å². The highest BCUT2D eigenvalue weighted by molar-refractivity contribution is 5.66. The Hall–Kier alpha value is -0.650. The predicted octanol–water partition coefficient (Wildman–Crippen LogP) is 3.59. The number of carboxylic acids is 1. The van der Waals surface area contributed by atoms with Crippen molar-refractivity contribution in [2.24, 2.45) is 0 Å². The molecule has 3 N–H and O–H groups in total. The van der Waals surface area contributed by atoms with Gasteiger partial charge in [0.25, 0.3) is 0 Å². The molecule has 0 saturated carbocycles. The Morgan fingerprint density at radius 3 is 1.73 bits per heavy atom. The van der Waals surface area contributed by atoms with Crippen molar-refractivity contribution in [3.8, 4) is 0 Å². The van der Waals surface area contributed by atoms with Gasteiger partial charge in [-0.3, -0.25) is 9.69 Å². The van der Waals surface area contributed by atoms with Gasteiger partial charge in [0.05, 0.1) is 0 Å². The molecule has 0 spiro atoms. The highest BCUT2D eigenvalue weighted by atomic mass is 16.4. The molecule has 0 aliphatic carbocycles. The number of carbonyl (C=O) groups is 1. The lowest BCUT2D eigenvalue weighted by atomic mass is 10.1. The van der Waals surface area contributed by atoms with Gasteiger partial charge in [0.1, 0.15) is 12.5 Å². The van der Waals surface area contributed by atoms with Crippen LogP contribution in [0.4, 0.5) is 0 Å². The first-order chi connectivity index (χ1) is 10.4. The molecule has 134 valence electrons. The Kier molecular flexibility index (Phi) is 17.9. The molecule has 0 rings (SSSR count). The van der Waals surface area contributed by atoms with E-state index in [2.05, 4.69) is 13.8 Å². The number of hydrogen-bond donors (Lipinski definition) is 3. The van der Waals surface area contributed by atoms with E-state index in [0.717, 1.165) is 32.2 Å². The topological polar surface area (TPSA) is 81.0 Å². The van der Waals surface area contributed by atoms with Crippen molar-refractivity contribution >= 4 is 5.97 Å². The Labute approximate surface area is 136 Å². The fourth-order valence-corrected chi connectivity index (χ4v) is 2.08. The third kappa shape index (κ3) is 17.4. The molecule has 0 aliphatic heterocycles. The van der Waals surface area contributed by atoms with Gasteiger partial charge in [-0.1, -0.05) is 52.4 Å². The summed E-state index contributed by atoms with van der Waals surface area (Å²) >= 11 is 0. The summed E-state index contributed by atoms with van der Waals surface area (Å²) in [5.41, 5.74) is 0. The average Bonchev–Trinajstić information content (AvgIpc) is 2.43. The quantitative estimate of drug-likeness (QED) is 0.378. The van der Waals surface area contributed by atoms with Crippen molar-refractivity contribution in [2.45, 2.75) is 97.9 Å². The molecular formula is C17H37NO4. The van der Waals surface area contributed by atoms with E-state index < -0.39 is 18.4 Å². The Bertz CT molecular complexity index is 237. The van der Waals surface area contributed by atoms with Crippen molar-refractivity contribution < 1.29 is 20.1 Å². The van der Waals surface area contributed by atoms with Gasteiger partial charge in [0, 0.05) is 13.0 Å². The van der Waals surface area contributed by atoms with Crippen molar-refractivity contribution in [1.29, 1.82) is 0 Å². The SMILES string of the molecule is CCCCCCCCC(=O)O.CCCCN(C(C)O)C(C)O. The molecule has 0 aromatic carbocycles. The molecule has 2 unspecified atom stereocenters. The first-order valence-corrected chi connectivity index (χ1v) is 8.70. The van der Waals surface area contributed by atoms with Gasteiger partial charge in [-0.25, -0.2) is 0 Å². The van der Waals surface area contributed by atoms with Gasteiger partial charge in [-0.2, -0.15) is 0 Å². The van der Waals surface area contributed by atoms with Crippen LogP contribution in [0.25, 0.3) is 0 Å². The molecule has 0 saturated heterocycles. The summed E-state index contributed by atoms with van der Waals surface area (Å²) in [4.78, 5) is 11.7. The summed E-state index contributed by atoms with van der Waals surface area (Å²) in [5, 5.41) is 26.7. The first-order valence-electron chi connectivity index (χ1n) is 8.70. The summed E-state index contributed by atoms with van der Waals surface area (Å²) in [5.74, 6) is -0.666. The van der Waals surface area contributed by atoms with Crippen LogP contribution in [0.1, 0.15) is 85.5 Å². The molecule has 0 amide bonds. The molecule has 0 aromatic rings. The third-order valence-electron chi connectivity index (χ3n) is 3.47. The zero-order valence-corrected chi connectivity index (χ0v) is 14.9. The molecular weight excluding hydrogens is 282 g/mol. The summed E-state index contributed by atoms with van der Waals surface area (Å²) in [6, 6.07) is 0. The number of aliphatic hydroxyl groups is 2. The van der Waals surface area contributed by atoms with Crippen LogP contribution in [-0.2, 0) is 4.79 Å². The molecule has 5 heteroatoms. The molecule has 0 radical (unpaired) electrons. The zero-order valence-electron chi connectivity index (χ0n) is 14.9. The van der Waals surface area contributed by atoms with Crippen LogP contribution in [0.5, 0.6) is 0 Å². The lowest BCUT2D eigenvalue weighted by Crippen LogP contribution is -2.40. The standard InChI is InChI=1S/C9H18O2.C8H19NO2/c1-2-3-4-5-6-7-8-9(10)11;1-4-5-6-9(7(2)10)8(3)11/h2-8H2,1H3,(H,10,11);7-8,10-11H,4-6H2,1-3H3. The van der Waals surface area contributed by atoms with Crippen LogP contribution < -0.4 is 0 Å². The number of nitrogens with zero attached hydrogens (tertiary/aromatic N) is 1. The van der Waals surface area contributed by atoms with Crippen molar-refractivity contribution in [3.05, 3.63) is 0 Å². The fraction of sp³-hybridized carbons (Fsp3) is 0.941. The number of rotatable bonds is 12. The van der Waals surface area contributed by atoms with Crippen LogP contribution >= 0.6 is 0 Å². The molecule has 0 aromatic heterocycles. The monoisotopic (exact) mass is 319 g/mol. The second-order valence-corrected chi connectivity index (χ2v) is 5.77. The second kappa shape index (κ2) is 16.7. The Balaban J connectivity index is 0. The average molecular weight is 319 g/mol. The van der Waals surface area contributed by atoms with E-state index in [1.165, 1.54) is 25.7 Å². The first kappa shape index (κ1) is 23.6. The molecule has 5 nitrogen and oxygen atoms in total. The molecule has 22 heavy (non-hydrogen) atoms. The van der Waals surface area contributed by atoms with Crippen molar-refractivity contribution in [3.63, 3.8) is 0 Å². The van der Waals surface area contributed by atoms with Gasteiger partial charge in [-0.15, -0.1) is 0 Å². The number of aliphatic hydroxyl groups excluding tert-OH is 2. The highest BCUT2D eigenvalue weighted by Gasteiger charge is 2.14. The van der Waals surface area contributed by atoms with Crippen LogP contribution in [0, 0.1) is 0 Å². The van der Waals surface area contributed by atoms with E-state index in [9.17, 15) is 15.0 Å². The largest absolute Gasteiger partial charge is 0.481 e. The third-order valence-corrected chi connectivity index (χ3v) is 3.47. The summed E-state index contributed by atoms with van der Waals surface area (Å²) < 4.78 is 0. The lowest BCUT2D eigenvalue weighted by molar-refractivity contribution is -0.137. The number of aliphatic carboxylic acids is 1. The minimum Gasteiger partial charge on any atom is -0.481 e. The van der Waals surface area contributed by atoms with E-state index in [4.69, 9.17) is 5.11 Å². The van der Waals surface area contributed by atoms with Crippen LogP contribution in [0.15, 0.2) is 0 Å². The molecule has 0 fully saturated rings. The van der Waals surface area contributed by atoms with Gasteiger partial charge in [0.15, 0.2) is 0 Å². The summed E-state index contributed by atoms with van der Waals surface area (Å²) in [6.45, 7) is 8.36. The molecule has 0 aliphatic rings. The molecule has 0 bridgehead atoms. The Morgan fingerprint density at radius 2 is 1.32 bits per heavy atom. The number of hydrogen-bond acceptors (Lipinski definition) is 4. The molecule has 0 heterocycles. The molecule has 2 atom stereocenters. The highest BCUT2D eigenvalue weighted by Crippen LogP contribution is 2.06. The zero-order chi connectivity index (χ0) is 17.4. The maximum atomic E-state index is 10.1. The van der Waals surface area contributed by atoms with E-state index >= 15 is 0 Å². The van der Waals surface area contributed by atoms with Gasteiger partial charge < -0.3 is 15.3 Å². The maximum Gasteiger partial charge on any atom is 0.303 e. The predicted molar refractivity (Wildman–Crippen MR) is 90.6 cm³/mol. The minimum absolute atomic E-state index is 0.339. The second-order valence-electron chi connectivity index (χ2n) is 5.77. The smallest absolute Gasteiger partial charge is 0.303 e. The maximum absolute atomic E-state index is 10.1. The number of unbranched alkanes of at least 4 members (excludes halogenated alkanes) is 6. The van der Waals surface area contributed by atoms with Crippen molar-refractivity contribution in [1.82, 2.24) is 4.90 Å². The van der Waals surface area contributed by atoms with Gasteiger partial charge in [0.2, 0.25) is 0 Å². The van der Waals surface area contributed by atoms with E-state index in [1.54, 1.807) is 18.7 Å². The number of carboxylic acid groups (broad SMARTS) is 1. The van der Waals surface area contributed by atoms with Crippen LogP contribution in [0.2, 0.25) is 0 Å². The fourth-order valence-electron chi connectivity index (χ4n) is 2.08. The summed E-state index contributed by atoms with van der Waals surface area (Å²) in [7, 11) is 0. The minimum atomic E-state index is -0.666. The van der Waals surface area contributed by atoms with E-state index in [1.807, 2.05) is 0 Å². The summed E-state index contributed by atoms with van der Waals surface area (Å²) in [6.07, 6.45) is 8.23.